The van der Waals surface area contributed by atoms with E-state index in [0.717, 1.165) is 0 Å². The molecule has 1 amide bonds. The van der Waals surface area contributed by atoms with Gasteiger partial charge in [0.05, 0.1) is 6.61 Å². The number of carbonyl (C=O) groups is 1. The number of terminal acetylenes is 1. The molecule has 7 heteroatoms. The Bertz CT molecular complexity index is 328. The smallest absolute Gasteiger partial charge is 0.221 e. The number of aliphatic hydroxyl groups is 4. The number of nitrogens with one attached hydrogen (secondary N) is 1. The van der Waals surface area contributed by atoms with Crippen LogP contribution in [0, 0.1) is 12.3 Å². The second-order valence-corrected chi connectivity index (χ2v) is 4.03. The maximum absolute atomic E-state index is 11.4. The minimum absolute atomic E-state index is 0.0476. The van der Waals surface area contributed by atoms with E-state index < -0.39 is 43.2 Å². The number of hydrogen-bond acceptors (Lipinski definition) is 6. The molecule has 0 aliphatic carbocycles. The SMILES string of the molecule is C#CCCC(=O)N[C@@H]1[C@@H](O)[C@H](O)[C@@H](CO)O[C@H]1O. The molecule has 1 heterocycles. The first-order chi connectivity index (χ1) is 8.51. The van der Waals surface area contributed by atoms with Gasteiger partial charge < -0.3 is 30.5 Å². The summed E-state index contributed by atoms with van der Waals surface area (Å²) in [6.45, 7) is -0.549. The molecule has 0 radical (unpaired) electrons. The van der Waals surface area contributed by atoms with E-state index in [4.69, 9.17) is 16.3 Å². The zero-order valence-corrected chi connectivity index (χ0v) is 9.69. The van der Waals surface area contributed by atoms with Crippen LogP contribution in [0.3, 0.4) is 0 Å². The fraction of sp³-hybridized carbons (Fsp3) is 0.727. The summed E-state index contributed by atoms with van der Waals surface area (Å²) in [7, 11) is 0. The Morgan fingerprint density at radius 3 is 2.56 bits per heavy atom. The maximum Gasteiger partial charge on any atom is 0.221 e. The normalized spacial score (nSPS) is 35.8. The molecule has 5 atom stereocenters. The van der Waals surface area contributed by atoms with Crippen LogP contribution in [0.4, 0.5) is 0 Å². The summed E-state index contributed by atoms with van der Waals surface area (Å²) in [5.74, 6) is 1.82. The van der Waals surface area contributed by atoms with Crippen molar-refractivity contribution in [3.8, 4) is 12.3 Å². The van der Waals surface area contributed by atoms with Crippen LogP contribution in [0.5, 0.6) is 0 Å². The lowest BCUT2D eigenvalue weighted by Gasteiger charge is -2.40. The van der Waals surface area contributed by atoms with Crippen LogP contribution in [-0.4, -0.2) is 63.6 Å². The van der Waals surface area contributed by atoms with E-state index in [9.17, 15) is 20.1 Å². The second kappa shape index (κ2) is 6.68. The lowest BCUT2D eigenvalue weighted by Crippen LogP contribution is -2.64. The monoisotopic (exact) mass is 259 g/mol. The zero-order valence-electron chi connectivity index (χ0n) is 9.69. The molecule has 102 valence electrons. The van der Waals surface area contributed by atoms with Crippen LogP contribution < -0.4 is 5.32 Å². The van der Waals surface area contributed by atoms with E-state index in [0.29, 0.717) is 0 Å². The topological polar surface area (TPSA) is 119 Å². The van der Waals surface area contributed by atoms with Gasteiger partial charge in [-0.05, 0) is 0 Å². The number of carbonyl (C=O) groups excluding carboxylic acids is 1. The van der Waals surface area contributed by atoms with Gasteiger partial charge in [-0.15, -0.1) is 12.3 Å². The number of rotatable bonds is 4. The van der Waals surface area contributed by atoms with Gasteiger partial charge in [-0.25, -0.2) is 0 Å². The molecule has 0 aromatic heterocycles. The van der Waals surface area contributed by atoms with Crippen molar-refractivity contribution in [1.82, 2.24) is 5.32 Å². The average Bonchev–Trinajstić information content (AvgIpc) is 2.36. The highest BCUT2D eigenvalue weighted by Crippen LogP contribution is 2.19. The van der Waals surface area contributed by atoms with E-state index in [1.807, 2.05) is 0 Å². The summed E-state index contributed by atoms with van der Waals surface area (Å²) in [4.78, 5) is 11.4. The van der Waals surface area contributed by atoms with Gasteiger partial charge in [0.15, 0.2) is 6.29 Å². The molecule has 1 saturated heterocycles. The largest absolute Gasteiger partial charge is 0.394 e. The first kappa shape index (κ1) is 14.9. The fourth-order valence-corrected chi connectivity index (χ4v) is 1.70. The summed E-state index contributed by atoms with van der Waals surface area (Å²) >= 11 is 0. The van der Waals surface area contributed by atoms with Crippen molar-refractivity contribution in [2.24, 2.45) is 0 Å². The summed E-state index contributed by atoms with van der Waals surface area (Å²) < 4.78 is 4.88. The average molecular weight is 259 g/mol. The second-order valence-electron chi connectivity index (χ2n) is 4.03. The molecule has 7 nitrogen and oxygen atoms in total. The lowest BCUT2D eigenvalue weighted by molar-refractivity contribution is -0.253. The molecule has 0 aromatic rings. The number of aliphatic hydroxyl groups excluding tert-OH is 4. The molecule has 0 spiro atoms. The lowest BCUT2D eigenvalue weighted by atomic mass is 9.97. The summed E-state index contributed by atoms with van der Waals surface area (Å²) in [5, 5.41) is 40.1. The van der Waals surface area contributed by atoms with E-state index in [1.165, 1.54) is 0 Å². The molecule has 1 fully saturated rings. The highest BCUT2D eigenvalue weighted by atomic mass is 16.6. The highest BCUT2D eigenvalue weighted by molar-refractivity contribution is 5.76. The number of amides is 1. The Balaban J connectivity index is 2.60. The van der Waals surface area contributed by atoms with Gasteiger partial charge >= 0.3 is 0 Å². The van der Waals surface area contributed by atoms with Crippen LogP contribution in [0.15, 0.2) is 0 Å². The summed E-state index contributed by atoms with van der Waals surface area (Å²) in [5.41, 5.74) is 0. The van der Waals surface area contributed by atoms with Gasteiger partial charge in [-0.1, -0.05) is 0 Å². The minimum atomic E-state index is -1.50. The van der Waals surface area contributed by atoms with Crippen LogP contribution in [0.2, 0.25) is 0 Å². The molecular formula is C11H17NO6. The van der Waals surface area contributed by atoms with Crippen LogP contribution in [-0.2, 0) is 9.53 Å². The molecule has 0 bridgehead atoms. The van der Waals surface area contributed by atoms with Crippen molar-refractivity contribution in [3.05, 3.63) is 0 Å². The maximum atomic E-state index is 11.4. The Morgan fingerprint density at radius 2 is 2.00 bits per heavy atom. The molecule has 0 aromatic carbocycles. The van der Waals surface area contributed by atoms with Gasteiger partial charge in [0.1, 0.15) is 24.4 Å². The van der Waals surface area contributed by atoms with Crippen molar-refractivity contribution in [2.45, 2.75) is 43.5 Å². The van der Waals surface area contributed by atoms with E-state index in [-0.39, 0.29) is 12.8 Å². The van der Waals surface area contributed by atoms with Gasteiger partial charge in [0.2, 0.25) is 5.91 Å². The Labute approximate surface area is 104 Å². The van der Waals surface area contributed by atoms with Crippen LogP contribution >= 0.6 is 0 Å². The third kappa shape index (κ3) is 3.41. The number of hydrogen-bond donors (Lipinski definition) is 5. The van der Waals surface area contributed by atoms with E-state index in [2.05, 4.69) is 11.2 Å². The molecule has 18 heavy (non-hydrogen) atoms. The Morgan fingerprint density at radius 1 is 1.33 bits per heavy atom. The van der Waals surface area contributed by atoms with Crippen molar-refractivity contribution in [2.75, 3.05) is 6.61 Å². The van der Waals surface area contributed by atoms with E-state index >= 15 is 0 Å². The molecule has 1 aliphatic rings. The standard InChI is InChI=1S/C11H17NO6/c1-2-3-4-7(14)12-8-10(16)9(15)6(5-13)18-11(8)17/h1,6,8-11,13,15-17H,3-5H2,(H,12,14)/t6-,8-,9-,10-,11-/m1/s1. The van der Waals surface area contributed by atoms with Gasteiger partial charge in [-0.2, -0.15) is 0 Å². The number of ether oxygens (including phenoxy) is 1. The quantitative estimate of drug-likeness (QED) is 0.351. The Hall–Kier alpha value is -1.17. The third-order valence-electron chi connectivity index (χ3n) is 2.72. The first-order valence-corrected chi connectivity index (χ1v) is 5.54. The van der Waals surface area contributed by atoms with Crippen LogP contribution in [0.25, 0.3) is 0 Å². The van der Waals surface area contributed by atoms with Gasteiger partial charge in [0.25, 0.3) is 0 Å². The van der Waals surface area contributed by atoms with Crippen molar-refractivity contribution >= 4 is 5.91 Å². The summed E-state index contributed by atoms with van der Waals surface area (Å²) in [6.07, 6.45) is -0.137. The fourth-order valence-electron chi connectivity index (χ4n) is 1.70. The first-order valence-electron chi connectivity index (χ1n) is 5.54. The third-order valence-corrected chi connectivity index (χ3v) is 2.72. The molecule has 0 unspecified atom stereocenters. The molecular weight excluding hydrogens is 242 g/mol. The predicted molar refractivity (Wildman–Crippen MR) is 60.0 cm³/mol. The van der Waals surface area contributed by atoms with Crippen molar-refractivity contribution < 1.29 is 30.0 Å². The molecule has 1 rings (SSSR count). The van der Waals surface area contributed by atoms with Gasteiger partial charge in [-0.3, -0.25) is 4.79 Å². The zero-order chi connectivity index (χ0) is 13.7. The Kier molecular flexibility index (Phi) is 5.53. The minimum Gasteiger partial charge on any atom is -0.394 e. The van der Waals surface area contributed by atoms with Crippen molar-refractivity contribution in [3.63, 3.8) is 0 Å². The highest BCUT2D eigenvalue weighted by Gasteiger charge is 2.44. The molecule has 1 aliphatic heterocycles. The van der Waals surface area contributed by atoms with Crippen LogP contribution in [0.1, 0.15) is 12.8 Å². The molecule has 5 N–H and O–H groups in total. The molecule has 0 saturated carbocycles. The van der Waals surface area contributed by atoms with E-state index in [1.54, 1.807) is 0 Å². The van der Waals surface area contributed by atoms with Gasteiger partial charge in [0, 0.05) is 12.8 Å². The summed E-state index contributed by atoms with van der Waals surface area (Å²) in [6, 6.07) is -1.16. The predicted octanol–water partition coefficient (Wildman–Crippen LogP) is -2.68. The van der Waals surface area contributed by atoms with Crippen molar-refractivity contribution in [1.29, 1.82) is 0 Å².